The number of hydrogen-bond acceptors (Lipinski definition) is 6. The van der Waals surface area contributed by atoms with E-state index < -0.39 is 0 Å². The van der Waals surface area contributed by atoms with E-state index in [-0.39, 0.29) is 11.8 Å². The summed E-state index contributed by atoms with van der Waals surface area (Å²) in [6.07, 6.45) is 0. The number of halogens is 1. The van der Waals surface area contributed by atoms with Crippen molar-refractivity contribution in [3.8, 4) is 22.9 Å². The number of carbonyl (C=O) groups excluding carboxylic acids is 1. The summed E-state index contributed by atoms with van der Waals surface area (Å²) in [6.45, 7) is 1.02. The maximum Gasteiger partial charge on any atom is 0.254 e. The molecule has 0 bridgehead atoms. The van der Waals surface area contributed by atoms with Crippen LogP contribution in [0.15, 0.2) is 47.0 Å². The van der Waals surface area contributed by atoms with Gasteiger partial charge in [0.15, 0.2) is 0 Å². The van der Waals surface area contributed by atoms with Crippen molar-refractivity contribution in [2.75, 3.05) is 27.3 Å². The first kappa shape index (κ1) is 18.3. The van der Waals surface area contributed by atoms with Crippen LogP contribution in [0.5, 0.6) is 11.5 Å². The summed E-state index contributed by atoms with van der Waals surface area (Å²) in [4.78, 5) is 18.9. The number of ether oxygens (including phenoxy) is 2. The Hall–Kier alpha value is -3.06. The third kappa shape index (κ3) is 3.53. The average molecular weight is 400 g/mol. The van der Waals surface area contributed by atoms with Gasteiger partial charge in [0.2, 0.25) is 11.7 Å². The van der Waals surface area contributed by atoms with Gasteiger partial charge in [-0.25, -0.2) is 0 Å². The number of benzene rings is 2. The molecule has 0 atom stereocenters. The van der Waals surface area contributed by atoms with Gasteiger partial charge in [0.1, 0.15) is 11.5 Å². The summed E-state index contributed by atoms with van der Waals surface area (Å²) < 4.78 is 15.8. The molecule has 1 aromatic heterocycles. The smallest absolute Gasteiger partial charge is 0.254 e. The van der Waals surface area contributed by atoms with Crippen LogP contribution in [0.3, 0.4) is 0 Å². The summed E-state index contributed by atoms with van der Waals surface area (Å²) >= 11 is 6.01. The Labute approximate surface area is 166 Å². The van der Waals surface area contributed by atoms with Gasteiger partial charge in [-0.05, 0) is 24.3 Å². The van der Waals surface area contributed by atoms with Gasteiger partial charge < -0.3 is 18.9 Å². The number of amides is 1. The van der Waals surface area contributed by atoms with Crippen LogP contribution in [0.2, 0.25) is 5.02 Å². The second-order valence-electron chi connectivity index (χ2n) is 6.47. The number of rotatable bonds is 5. The van der Waals surface area contributed by atoms with Gasteiger partial charge >= 0.3 is 0 Å². The zero-order valence-electron chi connectivity index (χ0n) is 15.4. The lowest BCUT2D eigenvalue weighted by molar-refractivity contribution is 0.0568. The van der Waals surface area contributed by atoms with Crippen LogP contribution in [0, 0.1) is 0 Å². The van der Waals surface area contributed by atoms with Crippen LogP contribution in [-0.4, -0.2) is 48.3 Å². The first-order valence-electron chi connectivity index (χ1n) is 8.69. The van der Waals surface area contributed by atoms with Gasteiger partial charge in [0.25, 0.3) is 5.91 Å². The van der Waals surface area contributed by atoms with Crippen LogP contribution in [-0.2, 0) is 0 Å². The van der Waals surface area contributed by atoms with Crippen LogP contribution in [0.25, 0.3) is 11.4 Å². The Bertz CT molecular complexity index is 992. The highest BCUT2D eigenvalue weighted by Gasteiger charge is 2.36. The maximum atomic E-state index is 12.7. The van der Waals surface area contributed by atoms with Crippen molar-refractivity contribution in [2.45, 2.75) is 5.92 Å². The van der Waals surface area contributed by atoms with Crippen molar-refractivity contribution in [2.24, 2.45) is 0 Å². The second-order valence-corrected chi connectivity index (χ2v) is 6.91. The van der Waals surface area contributed by atoms with Crippen LogP contribution in [0.1, 0.15) is 22.2 Å². The highest BCUT2D eigenvalue weighted by Crippen LogP contribution is 2.31. The zero-order chi connectivity index (χ0) is 19.7. The van der Waals surface area contributed by atoms with Crippen molar-refractivity contribution in [1.29, 1.82) is 0 Å². The Morgan fingerprint density at radius 3 is 2.50 bits per heavy atom. The number of methoxy groups -OCH3 is 2. The summed E-state index contributed by atoms with van der Waals surface area (Å²) in [5, 5.41) is 4.63. The quantitative estimate of drug-likeness (QED) is 0.651. The molecule has 1 fully saturated rings. The lowest BCUT2D eigenvalue weighted by atomic mass is 9.98. The van der Waals surface area contributed by atoms with Crippen LogP contribution < -0.4 is 9.47 Å². The molecule has 2 aromatic carbocycles. The Morgan fingerprint density at radius 2 is 1.86 bits per heavy atom. The van der Waals surface area contributed by atoms with E-state index in [1.807, 2.05) is 12.1 Å². The Morgan fingerprint density at radius 1 is 1.14 bits per heavy atom. The fourth-order valence-electron chi connectivity index (χ4n) is 3.06. The first-order valence-corrected chi connectivity index (χ1v) is 9.07. The van der Waals surface area contributed by atoms with Crippen molar-refractivity contribution >= 4 is 17.5 Å². The lowest BCUT2D eigenvalue weighted by Crippen LogP contribution is -2.48. The monoisotopic (exact) mass is 399 g/mol. The maximum absolute atomic E-state index is 12.7. The summed E-state index contributed by atoms with van der Waals surface area (Å²) in [5.41, 5.74) is 1.30. The number of nitrogens with zero attached hydrogens (tertiary/aromatic N) is 3. The SMILES string of the molecule is COc1cc(OC)cc(C(=O)N2CC(c3nc(-c4cccc(Cl)c4)no3)C2)c1. The Kier molecular flexibility index (Phi) is 4.92. The molecule has 0 aliphatic carbocycles. The molecule has 28 heavy (non-hydrogen) atoms. The zero-order valence-corrected chi connectivity index (χ0v) is 16.1. The molecule has 1 aliphatic heterocycles. The minimum Gasteiger partial charge on any atom is -0.497 e. The third-order valence-corrected chi connectivity index (χ3v) is 4.88. The van der Waals surface area contributed by atoms with Crippen molar-refractivity contribution in [3.63, 3.8) is 0 Å². The Balaban J connectivity index is 1.44. The van der Waals surface area contributed by atoms with Gasteiger partial charge in [-0.1, -0.05) is 28.9 Å². The summed E-state index contributed by atoms with van der Waals surface area (Å²) in [5.74, 6) is 2.06. The van der Waals surface area contributed by atoms with Crippen LogP contribution >= 0.6 is 11.6 Å². The number of aromatic nitrogens is 2. The minimum absolute atomic E-state index is 0.0110. The predicted molar refractivity (Wildman–Crippen MR) is 103 cm³/mol. The summed E-state index contributed by atoms with van der Waals surface area (Å²) in [6, 6.07) is 12.4. The number of hydrogen-bond donors (Lipinski definition) is 0. The minimum atomic E-state index is -0.0944. The first-order chi connectivity index (χ1) is 13.6. The summed E-state index contributed by atoms with van der Waals surface area (Å²) in [7, 11) is 3.10. The highest BCUT2D eigenvalue weighted by atomic mass is 35.5. The van der Waals surface area contributed by atoms with Crippen molar-refractivity contribution in [1.82, 2.24) is 15.0 Å². The molecule has 0 N–H and O–H groups in total. The molecule has 1 aliphatic rings. The van der Waals surface area contributed by atoms with E-state index in [9.17, 15) is 4.79 Å². The molecule has 1 saturated heterocycles. The lowest BCUT2D eigenvalue weighted by Gasteiger charge is -2.37. The topological polar surface area (TPSA) is 77.7 Å². The molecule has 3 aromatic rings. The van der Waals surface area contributed by atoms with E-state index in [2.05, 4.69) is 10.1 Å². The number of likely N-dealkylation sites (tertiary alicyclic amines) is 1. The second kappa shape index (κ2) is 7.52. The molecule has 4 rings (SSSR count). The molecule has 2 heterocycles. The molecule has 8 heteroatoms. The molecular weight excluding hydrogens is 382 g/mol. The molecule has 1 amide bonds. The van der Waals surface area contributed by atoms with Crippen molar-refractivity contribution < 1.29 is 18.8 Å². The van der Waals surface area contributed by atoms with Crippen molar-refractivity contribution in [3.05, 3.63) is 58.9 Å². The fraction of sp³-hybridized carbons (Fsp3) is 0.250. The van der Waals surface area contributed by atoms with E-state index in [1.54, 1.807) is 49.5 Å². The van der Waals surface area contributed by atoms with Gasteiger partial charge in [0.05, 0.1) is 20.1 Å². The van der Waals surface area contributed by atoms with Gasteiger partial charge in [-0.15, -0.1) is 0 Å². The van der Waals surface area contributed by atoms with E-state index in [4.69, 9.17) is 25.6 Å². The fourth-order valence-corrected chi connectivity index (χ4v) is 3.25. The molecule has 7 nitrogen and oxygen atoms in total. The van der Waals surface area contributed by atoms with Crippen LogP contribution in [0.4, 0.5) is 0 Å². The molecule has 0 radical (unpaired) electrons. The van der Waals surface area contributed by atoms with E-state index in [1.165, 1.54) is 0 Å². The number of carbonyl (C=O) groups is 1. The van der Waals surface area contributed by atoms with E-state index in [0.29, 0.717) is 46.9 Å². The van der Waals surface area contributed by atoms with E-state index >= 15 is 0 Å². The standard InChI is InChI=1S/C20H18ClN3O4/c1-26-16-7-13(8-17(9-16)27-2)20(25)24-10-14(11-24)19-22-18(23-28-19)12-4-3-5-15(21)6-12/h3-9,14H,10-11H2,1-2H3. The molecule has 0 unspecified atom stereocenters. The normalized spacial score (nSPS) is 13.9. The van der Waals surface area contributed by atoms with Gasteiger partial charge in [0, 0.05) is 35.3 Å². The third-order valence-electron chi connectivity index (χ3n) is 4.64. The average Bonchev–Trinajstić information content (AvgIpc) is 3.16. The molecule has 0 spiro atoms. The van der Waals surface area contributed by atoms with Gasteiger partial charge in [-0.2, -0.15) is 4.98 Å². The van der Waals surface area contributed by atoms with Gasteiger partial charge in [-0.3, -0.25) is 4.79 Å². The largest absolute Gasteiger partial charge is 0.497 e. The molecule has 0 saturated carbocycles. The highest BCUT2D eigenvalue weighted by molar-refractivity contribution is 6.30. The molecular formula is C20H18ClN3O4. The molecule has 144 valence electrons. The van der Waals surface area contributed by atoms with E-state index in [0.717, 1.165) is 5.56 Å². The predicted octanol–water partition coefficient (Wildman–Crippen LogP) is 3.65.